The molecule has 1 aromatic heterocycles. The molecule has 16 heavy (non-hydrogen) atoms. The molecule has 0 saturated heterocycles. The fourth-order valence-corrected chi connectivity index (χ4v) is 2.51. The molecule has 82 valence electrons. The fourth-order valence-electron chi connectivity index (χ4n) is 2.51. The van der Waals surface area contributed by atoms with Crippen molar-refractivity contribution in [2.24, 2.45) is 0 Å². The van der Waals surface area contributed by atoms with Gasteiger partial charge in [-0.3, -0.25) is 0 Å². The molecule has 1 aromatic carbocycles. The van der Waals surface area contributed by atoms with E-state index in [0.29, 0.717) is 0 Å². The summed E-state index contributed by atoms with van der Waals surface area (Å²) in [6.07, 6.45) is 1.14. The lowest BCUT2D eigenvalue weighted by Crippen LogP contribution is -1.99. The number of fused-ring (bicyclic) bond motifs is 1. The third kappa shape index (κ3) is 1.33. The Bertz CT molecular complexity index is 518. The van der Waals surface area contributed by atoms with Crippen LogP contribution in [0.5, 0.6) is 0 Å². The quantitative estimate of drug-likeness (QED) is 0.768. The molecule has 1 aliphatic rings. The van der Waals surface area contributed by atoms with E-state index in [1.54, 1.807) is 0 Å². The molecular weight excluding hydrogens is 196 g/mol. The number of nitrogens with zero attached hydrogens (tertiary/aromatic N) is 1. The Hall–Kier alpha value is -1.70. The van der Waals surface area contributed by atoms with E-state index in [-0.39, 0.29) is 0 Å². The molecule has 3 rings (SSSR count). The topological polar surface area (TPSA) is 17.0 Å². The molecule has 0 aliphatic carbocycles. The first kappa shape index (κ1) is 9.52. The monoisotopic (exact) mass is 212 g/mol. The molecule has 2 aromatic rings. The van der Waals surface area contributed by atoms with Gasteiger partial charge in [0, 0.05) is 29.3 Å². The highest BCUT2D eigenvalue weighted by atomic mass is 15.0. The van der Waals surface area contributed by atoms with Crippen LogP contribution in [0.25, 0.3) is 5.69 Å². The van der Waals surface area contributed by atoms with E-state index in [1.807, 2.05) is 0 Å². The van der Waals surface area contributed by atoms with Crippen LogP contribution in [-0.2, 0) is 6.42 Å². The molecule has 0 bridgehead atoms. The lowest BCUT2D eigenvalue weighted by Gasteiger charge is -2.11. The molecule has 0 spiro atoms. The van der Waals surface area contributed by atoms with E-state index in [4.69, 9.17) is 0 Å². The molecule has 1 N–H and O–H groups in total. The van der Waals surface area contributed by atoms with Crippen molar-refractivity contribution in [1.82, 2.24) is 4.57 Å². The first-order valence-corrected chi connectivity index (χ1v) is 5.78. The SMILES string of the molecule is Cc1ccc(C)n1-c1ccc2c(c1)CCN2. The molecule has 2 nitrogen and oxygen atoms in total. The third-order valence-corrected chi connectivity index (χ3v) is 3.33. The van der Waals surface area contributed by atoms with Gasteiger partial charge in [-0.15, -0.1) is 0 Å². The van der Waals surface area contributed by atoms with Gasteiger partial charge in [-0.1, -0.05) is 0 Å². The predicted octanol–water partition coefficient (Wildman–Crippen LogP) is 3.06. The molecule has 0 amide bonds. The van der Waals surface area contributed by atoms with Crippen LogP contribution in [-0.4, -0.2) is 11.1 Å². The Balaban J connectivity index is 2.14. The van der Waals surface area contributed by atoms with Crippen molar-refractivity contribution in [2.75, 3.05) is 11.9 Å². The van der Waals surface area contributed by atoms with Gasteiger partial charge in [-0.25, -0.2) is 0 Å². The Morgan fingerprint density at radius 1 is 1.06 bits per heavy atom. The minimum atomic E-state index is 1.07. The van der Waals surface area contributed by atoms with Gasteiger partial charge in [0.25, 0.3) is 0 Å². The second-order valence-corrected chi connectivity index (χ2v) is 4.47. The highest BCUT2D eigenvalue weighted by Gasteiger charge is 2.11. The lowest BCUT2D eigenvalue weighted by molar-refractivity contribution is 0.962. The molecule has 0 saturated carbocycles. The third-order valence-electron chi connectivity index (χ3n) is 3.33. The van der Waals surface area contributed by atoms with Gasteiger partial charge in [0.05, 0.1) is 0 Å². The van der Waals surface area contributed by atoms with Crippen LogP contribution in [0, 0.1) is 13.8 Å². The number of aryl methyl sites for hydroxylation is 2. The van der Waals surface area contributed by atoms with E-state index in [2.05, 4.69) is 54.1 Å². The van der Waals surface area contributed by atoms with Crippen LogP contribution in [0.3, 0.4) is 0 Å². The van der Waals surface area contributed by atoms with Gasteiger partial charge in [0.2, 0.25) is 0 Å². The van der Waals surface area contributed by atoms with E-state index >= 15 is 0 Å². The first-order valence-electron chi connectivity index (χ1n) is 5.78. The average molecular weight is 212 g/mol. The van der Waals surface area contributed by atoms with Crippen LogP contribution >= 0.6 is 0 Å². The normalized spacial score (nSPS) is 13.6. The van der Waals surface area contributed by atoms with Gasteiger partial charge in [0.15, 0.2) is 0 Å². The standard InChI is InChI=1S/C14H16N2/c1-10-3-4-11(2)16(10)13-5-6-14-12(9-13)7-8-15-14/h3-6,9,15H,7-8H2,1-2H3. The maximum Gasteiger partial charge on any atom is 0.0459 e. The van der Waals surface area contributed by atoms with Crippen molar-refractivity contribution in [1.29, 1.82) is 0 Å². The van der Waals surface area contributed by atoms with Crippen molar-refractivity contribution >= 4 is 5.69 Å². The number of aromatic nitrogens is 1. The highest BCUT2D eigenvalue weighted by Crippen LogP contribution is 2.26. The second-order valence-electron chi connectivity index (χ2n) is 4.47. The minimum Gasteiger partial charge on any atom is -0.384 e. The maximum absolute atomic E-state index is 3.39. The Kier molecular flexibility index (Phi) is 2.03. The van der Waals surface area contributed by atoms with Crippen molar-refractivity contribution in [3.63, 3.8) is 0 Å². The summed E-state index contributed by atoms with van der Waals surface area (Å²) in [5.74, 6) is 0. The Morgan fingerprint density at radius 3 is 2.56 bits per heavy atom. The van der Waals surface area contributed by atoms with Crippen molar-refractivity contribution < 1.29 is 0 Å². The second kappa shape index (κ2) is 3.41. The van der Waals surface area contributed by atoms with Crippen molar-refractivity contribution in [2.45, 2.75) is 20.3 Å². The van der Waals surface area contributed by atoms with E-state index < -0.39 is 0 Å². The molecule has 0 fully saturated rings. The fraction of sp³-hybridized carbons (Fsp3) is 0.286. The summed E-state index contributed by atoms with van der Waals surface area (Å²) >= 11 is 0. The van der Waals surface area contributed by atoms with Crippen LogP contribution in [0.2, 0.25) is 0 Å². The average Bonchev–Trinajstić information content (AvgIpc) is 2.85. The molecule has 2 heterocycles. The summed E-state index contributed by atoms with van der Waals surface area (Å²) in [5, 5.41) is 3.39. The van der Waals surface area contributed by atoms with Gasteiger partial charge < -0.3 is 9.88 Å². The zero-order valence-corrected chi connectivity index (χ0v) is 9.75. The highest BCUT2D eigenvalue weighted by molar-refractivity contribution is 5.59. The zero-order chi connectivity index (χ0) is 11.1. The number of rotatable bonds is 1. The zero-order valence-electron chi connectivity index (χ0n) is 9.75. The van der Waals surface area contributed by atoms with Gasteiger partial charge in [0.1, 0.15) is 0 Å². The first-order chi connectivity index (χ1) is 7.75. The summed E-state index contributed by atoms with van der Waals surface area (Å²) in [7, 11) is 0. The van der Waals surface area contributed by atoms with E-state index in [0.717, 1.165) is 13.0 Å². The number of hydrogen-bond donors (Lipinski definition) is 1. The number of hydrogen-bond acceptors (Lipinski definition) is 1. The summed E-state index contributed by atoms with van der Waals surface area (Å²) in [6, 6.07) is 11.0. The smallest absolute Gasteiger partial charge is 0.0459 e. The molecule has 0 atom stereocenters. The number of nitrogens with one attached hydrogen (secondary N) is 1. The van der Waals surface area contributed by atoms with Gasteiger partial charge in [-0.05, 0) is 56.2 Å². The van der Waals surface area contributed by atoms with Crippen LogP contribution in [0.15, 0.2) is 30.3 Å². The van der Waals surface area contributed by atoms with E-state index in [1.165, 1.54) is 28.3 Å². The Labute approximate surface area is 95.9 Å². The van der Waals surface area contributed by atoms with Crippen molar-refractivity contribution in [3.05, 3.63) is 47.3 Å². The Morgan fingerprint density at radius 2 is 1.81 bits per heavy atom. The van der Waals surface area contributed by atoms with Gasteiger partial charge >= 0.3 is 0 Å². The molecule has 0 radical (unpaired) electrons. The van der Waals surface area contributed by atoms with Crippen LogP contribution in [0.4, 0.5) is 5.69 Å². The maximum atomic E-state index is 3.39. The molecule has 1 aliphatic heterocycles. The van der Waals surface area contributed by atoms with Gasteiger partial charge in [-0.2, -0.15) is 0 Å². The summed E-state index contributed by atoms with van der Waals surface area (Å²) in [4.78, 5) is 0. The molecular formula is C14H16N2. The van der Waals surface area contributed by atoms with E-state index in [9.17, 15) is 0 Å². The van der Waals surface area contributed by atoms with Crippen molar-refractivity contribution in [3.8, 4) is 5.69 Å². The summed E-state index contributed by atoms with van der Waals surface area (Å²) in [5.41, 5.74) is 6.60. The summed E-state index contributed by atoms with van der Waals surface area (Å²) < 4.78 is 2.30. The molecule has 0 unspecified atom stereocenters. The van der Waals surface area contributed by atoms with Crippen LogP contribution in [0.1, 0.15) is 17.0 Å². The van der Waals surface area contributed by atoms with Crippen LogP contribution < -0.4 is 5.32 Å². The lowest BCUT2D eigenvalue weighted by atomic mass is 10.1. The number of benzene rings is 1. The predicted molar refractivity (Wildman–Crippen MR) is 67.4 cm³/mol. The largest absolute Gasteiger partial charge is 0.384 e. The minimum absolute atomic E-state index is 1.07. The summed E-state index contributed by atoms with van der Waals surface area (Å²) in [6.45, 7) is 5.37. The number of anilines is 1. The molecule has 2 heteroatoms.